The van der Waals surface area contributed by atoms with Crippen LogP contribution in [0.4, 0.5) is 4.39 Å². The molecular formula is C17H17FO2. The van der Waals surface area contributed by atoms with E-state index in [-0.39, 0.29) is 17.3 Å². The first-order valence-electron chi connectivity index (χ1n) is 6.58. The van der Waals surface area contributed by atoms with Crippen molar-refractivity contribution in [2.75, 3.05) is 0 Å². The van der Waals surface area contributed by atoms with Gasteiger partial charge in [-0.2, -0.15) is 0 Å². The van der Waals surface area contributed by atoms with E-state index in [2.05, 4.69) is 0 Å². The molecule has 0 radical (unpaired) electrons. The number of phenols is 2. The Morgan fingerprint density at radius 2 is 1.50 bits per heavy atom. The molecule has 0 fully saturated rings. The highest BCUT2D eigenvalue weighted by Gasteiger charge is 2.07. The normalized spacial score (nSPS) is 11.1. The molecule has 0 amide bonds. The lowest BCUT2D eigenvalue weighted by molar-refractivity contribution is 0.437. The zero-order valence-corrected chi connectivity index (χ0v) is 11.3. The standard InChI is InChI=1S/C17H17FO2/c1-2-3-15-16(19)10-13(11-17(15)20)5-4-12-6-8-14(18)9-7-12/h4-11,19-20H,2-3H2,1H3/b5-4+. The number of halogens is 1. The monoisotopic (exact) mass is 272 g/mol. The van der Waals surface area contributed by atoms with E-state index in [1.54, 1.807) is 36.4 Å². The maximum absolute atomic E-state index is 12.8. The predicted molar refractivity (Wildman–Crippen MR) is 79.1 cm³/mol. The molecule has 0 unspecified atom stereocenters. The van der Waals surface area contributed by atoms with Crippen LogP contribution >= 0.6 is 0 Å². The maximum Gasteiger partial charge on any atom is 0.123 e. The van der Waals surface area contributed by atoms with Crippen molar-refractivity contribution in [1.82, 2.24) is 0 Å². The second-order valence-corrected chi connectivity index (χ2v) is 4.67. The van der Waals surface area contributed by atoms with Crippen LogP contribution in [0.2, 0.25) is 0 Å². The molecule has 0 aliphatic rings. The average Bonchev–Trinajstić information content (AvgIpc) is 2.42. The summed E-state index contributed by atoms with van der Waals surface area (Å²) in [5.74, 6) is -0.0717. The van der Waals surface area contributed by atoms with Crippen molar-refractivity contribution < 1.29 is 14.6 Å². The summed E-state index contributed by atoms with van der Waals surface area (Å²) in [5, 5.41) is 19.8. The summed E-state index contributed by atoms with van der Waals surface area (Å²) in [5.41, 5.74) is 2.12. The molecule has 2 N–H and O–H groups in total. The topological polar surface area (TPSA) is 40.5 Å². The Bertz CT molecular complexity index is 592. The van der Waals surface area contributed by atoms with E-state index in [1.807, 2.05) is 6.92 Å². The number of aromatic hydroxyl groups is 2. The summed E-state index contributed by atoms with van der Waals surface area (Å²) in [6.45, 7) is 1.99. The molecule has 0 aliphatic heterocycles. The van der Waals surface area contributed by atoms with E-state index >= 15 is 0 Å². The SMILES string of the molecule is CCCc1c(O)cc(/C=C/c2ccc(F)cc2)cc1O. The van der Waals surface area contributed by atoms with E-state index in [4.69, 9.17) is 0 Å². The molecule has 0 saturated carbocycles. The zero-order valence-electron chi connectivity index (χ0n) is 11.3. The molecule has 0 spiro atoms. The quantitative estimate of drug-likeness (QED) is 0.812. The second-order valence-electron chi connectivity index (χ2n) is 4.67. The van der Waals surface area contributed by atoms with Gasteiger partial charge in [-0.05, 0) is 41.8 Å². The van der Waals surface area contributed by atoms with E-state index in [0.29, 0.717) is 17.5 Å². The van der Waals surface area contributed by atoms with Crippen LogP contribution in [-0.4, -0.2) is 10.2 Å². The summed E-state index contributed by atoms with van der Waals surface area (Å²) in [7, 11) is 0. The molecule has 104 valence electrons. The Hall–Kier alpha value is -2.29. The summed E-state index contributed by atoms with van der Waals surface area (Å²) in [6.07, 6.45) is 5.06. The molecule has 2 nitrogen and oxygen atoms in total. The van der Waals surface area contributed by atoms with Crippen molar-refractivity contribution in [3.05, 3.63) is 58.9 Å². The second kappa shape index (κ2) is 6.24. The number of phenolic OH excluding ortho intramolecular Hbond substituents is 2. The summed E-state index contributed by atoms with van der Waals surface area (Å²) in [4.78, 5) is 0. The minimum atomic E-state index is -0.277. The molecule has 2 aromatic carbocycles. The molecule has 0 aromatic heterocycles. The lowest BCUT2D eigenvalue weighted by atomic mass is 10.0. The molecule has 0 atom stereocenters. The predicted octanol–water partition coefficient (Wildman–Crippen LogP) is 4.36. The van der Waals surface area contributed by atoms with Gasteiger partial charge in [-0.1, -0.05) is 37.6 Å². The Morgan fingerprint density at radius 3 is 2.05 bits per heavy atom. The number of hydrogen-bond acceptors (Lipinski definition) is 2. The molecular weight excluding hydrogens is 255 g/mol. The fourth-order valence-corrected chi connectivity index (χ4v) is 2.03. The van der Waals surface area contributed by atoms with Crippen LogP contribution < -0.4 is 0 Å². The Labute approximate surface area is 117 Å². The van der Waals surface area contributed by atoms with Crippen molar-refractivity contribution in [3.8, 4) is 11.5 Å². The summed E-state index contributed by atoms with van der Waals surface area (Å²) >= 11 is 0. The largest absolute Gasteiger partial charge is 0.508 e. The average molecular weight is 272 g/mol. The fourth-order valence-electron chi connectivity index (χ4n) is 2.03. The molecule has 2 aromatic rings. The van der Waals surface area contributed by atoms with E-state index < -0.39 is 0 Å². The highest BCUT2D eigenvalue weighted by atomic mass is 19.1. The Kier molecular flexibility index (Phi) is 4.41. The van der Waals surface area contributed by atoms with Gasteiger partial charge in [0.15, 0.2) is 0 Å². The zero-order chi connectivity index (χ0) is 14.5. The third-order valence-corrected chi connectivity index (χ3v) is 3.06. The van der Waals surface area contributed by atoms with Gasteiger partial charge in [-0.25, -0.2) is 4.39 Å². The van der Waals surface area contributed by atoms with Crippen LogP contribution in [0.3, 0.4) is 0 Å². The van der Waals surface area contributed by atoms with Gasteiger partial charge in [0.25, 0.3) is 0 Å². The van der Waals surface area contributed by atoms with Gasteiger partial charge < -0.3 is 10.2 Å². The third kappa shape index (κ3) is 3.38. The molecule has 0 saturated heterocycles. The van der Waals surface area contributed by atoms with Crippen LogP contribution in [0.25, 0.3) is 12.2 Å². The smallest absolute Gasteiger partial charge is 0.123 e. The summed E-state index contributed by atoms with van der Waals surface area (Å²) in [6, 6.07) is 9.33. The number of hydrogen-bond donors (Lipinski definition) is 2. The molecule has 20 heavy (non-hydrogen) atoms. The lowest BCUT2D eigenvalue weighted by Crippen LogP contribution is -1.87. The van der Waals surface area contributed by atoms with Crippen molar-refractivity contribution in [2.24, 2.45) is 0 Å². The van der Waals surface area contributed by atoms with Gasteiger partial charge in [0.05, 0.1) is 0 Å². The van der Waals surface area contributed by atoms with E-state index in [0.717, 1.165) is 12.0 Å². The molecule has 3 heteroatoms. The highest BCUT2D eigenvalue weighted by molar-refractivity contribution is 5.71. The van der Waals surface area contributed by atoms with Crippen LogP contribution in [0.15, 0.2) is 36.4 Å². The molecule has 0 bridgehead atoms. The van der Waals surface area contributed by atoms with Crippen LogP contribution in [-0.2, 0) is 6.42 Å². The van der Waals surface area contributed by atoms with Crippen LogP contribution in [0.1, 0.15) is 30.0 Å². The van der Waals surface area contributed by atoms with Gasteiger partial charge >= 0.3 is 0 Å². The van der Waals surface area contributed by atoms with Gasteiger partial charge in [-0.3, -0.25) is 0 Å². The van der Waals surface area contributed by atoms with Gasteiger partial charge in [0.1, 0.15) is 17.3 Å². The fraction of sp³-hybridized carbons (Fsp3) is 0.176. The first-order valence-corrected chi connectivity index (χ1v) is 6.58. The van der Waals surface area contributed by atoms with Crippen LogP contribution in [0.5, 0.6) is 11.5 Å². The molecule has 0 aliphatic carbocycles. The van der Waals surface area contributed by atoms with Crippen molar-refractivity contribution in [3.63, 3.8) is 0 Å². The first-order chi connectivity index (χ1) is 9.60. The molecule has 2 rings (SSSR count). The lowest BCUT2D eigenvalue weighted by Gasteiger charge is -2.07. The highest BCUT2D eigenvalue weighted by Crippen LogP contribution is 2.30. The van der Waals surface area contributed by atoms with Gasteiger partial charge in [0, 0.05) is 5.56 Å². The van der Waals surface area contributed by atoms with Crippen molar-refractivity contribution in [1.29, 1.82) is 0 Å². The third-order valence-electron chi connectivity index (χ3n) is 3.06. The van der Waals surface area contributed by atoms with E-state index in [1.165, 1.54) is 12.1 Å². The van der Waals surface area contributed by atoms with Crippen molar-refractivity contribution >= 4 is 12.2 Å². The van der Waals surface area contributed by atoms with Crippen LogP contribution in [0, 0.1) is 5.82 Å². The Balaban J connectivity index is 2.23. The van der Waals surface area contributed by atoms with Gasteiger partial charge in [0.2, 0.25) is 0 Å². The molecule has 0 heterocycles. The Morgan fingerprint density at radius 1 is 0.950 bits per heavy atom. The van der Waals surface area contributed by atoms with Crippen molar-refractivity contribution in [2.45, 2.75) is 19.8 Å². The number of rotatable bonds is 4. The van der Waals surface area contributed by atoms with E-state index in [9.17, 15) is 14.6 Å². The summed E-state index contributed by atoms with van der Waals surface area (Å²) < 4.78 is 12.8. The maximum atomic E-state index is 12.8. The minimum Gasteiger partial charge on any atom is -0.508 e. The first kappa shape index (κ1) is 14.1. The minimum absolute atomic E-state index is 0.102. The van der Waals surface area contributed by atoms with Gasteiger partial charge in [-0.15, -0.1) is 0 Å². The number of benzene rings is 2.